The Bertz CT molecular complexity index is 591. The summed E-state index contributed by atoms with van der Waals surface area (Å²) in [6.07, 6.45) is 0. The zero-order chi connectivity index (χ0) is 12.0. The average molecular weight is 231 g/mol. The van der Waals surface area contributed by atoms with E-state index in [4.69, 9.17) is 5.73 Å². The Hall–Kier alpha value is -1.74. The first-order chi connectivity index (χ1) is 8.14. The van der Waals surface area contributed by atoms with Gasteiger partial charge in [0.05, 0.1) is 0 Å². The van der Waals surface area contributed by atoms with Gasteiger partial charge >= 0.3 is 0 Å². The molecule has 1 aliphatic rings. The molecule has 0 radical (unpaired) electrons. The Morgan fingerprint density at radius 3 is 2.41 bits per heavy atom. The molecular weight excluding hydrogens is 220 g/mol. The molecule has 86 valence electrons. The lowest BCUT2D eigenvalue weighted by Crippen LogP contribution is -2.10. The van der Waals surface area contributed by atoms with Crippen molar-refractivity contribution in [2.24, 2.45) is 5.73 Å². The van der Waals surface area contributed by atoms with Crippen LogP contribution in [-0.4, -0.2) is 0 Å². The van der Waals surface area contributed by atoms with Crippen LogP contribution in [0.4, 0.5) is 8.78 Å². The normalized spacial score (nSPS) is 15.5. The van der Waals surface area contributed by atoms with Crippen LogP contribution in [0.25, 0.3) is 11.1 Å². The summed E-state index contributed by atoms with van der Waals surface area (Å²) in [6.45, 7) is 0.362. The van der Waals surface area contributed by atoms with Gasteiger partial charge in [0.25, 0.3) is 5.92 Å². The fraction of sp³-hybridized carbons (Fsp3) is 0.143. The molecule has 3 heteroatoms. The molecule has 0 saturated carbocycles. The topological polar surface area (TPSA) is 26.0 Å². The molecule has 2 aromatic rings. The molecule has 0 aliphatic heterocycles. The molecule has 0 unspecified atom stereocenters. The smallest absolute Gasteiger partial charge is 0.299 e. The Morgan fingerprint density at radius 1 is 0.941 bits per heavy atom. The molecule has 2 N–H and O–H groups in total. The number of alkyl halides is 2. The average Bonchev–Trinajstić information content (AvgIpc) is 2.59. The van der Waals surface area contributed by atoms with Gasteiger partial charge in [-0.15, -0.1) is 0 Å². The van der Waals surface area contributed by atoms with Gasteiger partial charge in [0.2, 0.25) is 0 Å². The maximum absolute atomic E-state index is 14.1. The van der Waals surface area contributed by atoms with Crippen LogP contribution in [0.2, 0.25) is 0 Å². The Kier molecular flexibility index (Phi) is 2.07. The number of nitrogens with two attached hydrogens (primary N) is 1. The lowest BCUT2D eigenvalue weighted by atomic mass is 10.0. The SMILES string of the molecule is NCc1ccc2c(c1)-c1ccccc1C2(F)F. The molecule has 3 rings (SSSR count). The Labute approximate surface area is 97.9 Å². The quantitative estimate of drug-likeness (QED) is 0.800. The molecule has 0 bridgehead atoms. The van der Waals surface area contributed by atoms with Crippen molar-refractivity contribution in [2.75, 3.05) is 0 Å². The van der Waals surface area contributed by atoms with E-state index in [1.165, 1.54) is 12.1 Å². The van der Waals surface area contributed by atoms with Crippen LogP contribution in [0.3, 0.4) is 0 Å². The monoisotopic (exact) mass is 231 g/mol. The van der Waals surface area contributed by atoms with Crippen molar-refractivity contribution < 1.29 is 8.78 Å². The lowest BCUT2D eigenvalue weighted by Gasteiger charge is -2.11. The van der Waals surface area contributed by atoms with Gasteiger partial charge in [-0.3, -0.25) is 0 Å². The summed E-state index contributed by atoms with van der Waals surface area (Å²) in [5, 5.41) is 0. The first-order valence-electron chi connectivity index (χ1n) is 5.46. The van der Waals surface area contributed by atoms with E-state index < -0.39 is 5.92 Å². The van der Waals surface area contributed by atoms with Gasteiger partial charge in [0.1, 0.15) is 0 Å². The molecule has 1 aliphatic carbocycles. The minimum absolute atomic E-state index is 0.0795. The molecule has 0 spiro atoms. The molecule has 17 heavy (non-hydrogen) atoms. The second-order valence-corrected chi connectivity index (χ2v) is 4.20. The van der Waals surface area contributed by atoms with Gasteiger partial charge in [-0.05, 0) is 22.8 Å². The first kappa shape index (κ1) is 10.4. The zero-order valence-corrected chi connectivity index (χ0v) is 9.08. The molecular formula is C14H11F2N. The Balaban J connectivity index is 2.33. The van der Waals surface area contributed by atoms with Gasteiger partial charge < -0.3 is 5.73 Å². The molecule has 0 atom stereocenters. The second-order valence-electron chi connectivity index (χ2n) is 4.20. The Morgan fingerprint density at radius 2 is 1.65 bits per heavy atom. The fourth-order valence-electron chi connectivity index (χ4n) is 2.35. The van der Waals surface area contributed by atoms with Crippen molar-refractivity contribution in [1.82, 2.24) is 0 Å². The molecule has 1 nitrogen and oxygen atoms in total. The van der Waals surface area contributed by atoms with Gasteiger partial charge in [-0.2, -0.15) is 8.78 Å². The van der Waals surface area contributed by atoms with Gasteiger partial charge in [0, 0.05) is 17.7 Å². The molecule has 2 aromatic carbocycles. The number of hydrogen-bond acceptors (Lipinski definition) is 1. The van der Waals surface area contributed by atoms with Crippen LogP contribution in [-0.2, 0) is 12.5 Å². The maximum atomic E-state index is 14.1. The number of benzene rings is 2. The summed E-state index contributed by atoms with van der Waals surface area (Å²) in [4.78, 5) is 0. The summed E-state index contributed by atoms with van der Waals surface area (Å²) >= 11 is 0. The van der Waals surface area contributed by atoms with Crippen LogP contribution in [0.15, 0.2) is 42.5 Å². The van der Waals surface area contributed by atoms with Crippen molar-refractivity contribution in [3.05, 3.63) is 59.2 Å². The standard InChI is InChI=1S/C14H11F2N/c15-14(16)12-4-2-1-3-10(12)11-7-9(8-17)5-6-13(11)14/h1-7H,8,17H2. The highest BCUT2D eigenvalue weighted by molar-refractivity contribution is 5.79. The van der Waals surface area contributed by atoms with E-state index in [-0.39, 0.29) is 11.1 Å². The molecule has 0 fully saturated rings. The largest absolute Gasteiger partial charge is 0.326 e. The number of fused-ring (bicyclic) bond motifs is 3. The lowest BCUT2D eigenvalue weighted by molar-refractivity contribution is 0.0480. The minimum atomic E-state index is -2.89. The van der Waals surface area contributed by atoms with Crippen molar-refractivity contribution >= 4 is 0 Å². The van der Waals surface area contributed by atoms with E-state index in [0.717, 1.165) is 5.56 Å². The molecule has 0 aromatic heterocycles. The third-order valence-electron chi connectivity index (χ3n) is 3.21. The fourth-order valence-corrected chi connectivity index (χ4v) is 2.35. The van der Waals surface area contributed by atoms with E-state index in [1.54, 1.807) is 30.3 Å². The van der Waals surface area contributed by atoms with E-state index in [1.807, 2.05) is 0 Å². The van der Waals surface area contributed by atoms with Crippen LogP contribution in [0.5, 0.6) is 0 Å². The second kappa shape index (κ2) is 3.37. The van der Waals surface area contributed by atoms with Crippen LogP contribution < -0.4 is 5.73 Å². The third-order valence-corrected chi connectivity index (χ3v) is 3.21. The number of hydrogen-bond donors (Lipinski definition) is 1. The van der Waals surface area contributed by atoms with Crippen LogP contribution in [0.1, 0.15) is 16.7 Å². The predicted octanol–water partition coefficient (Wildman–Crippen LogP) is 3.27. The van der Waals surface area contributed by atoms with Gasteiger partial charge in [-0.25, -0.2) is 0 Å². The summed E-state index contributed by atoms with van der Waals surface area (Å²) in [6, 6.07) is 11.5. The third kappa shape index (κ3) is 1.32. The van der Waals surface area contributed by atoms with Crippen molar-refractivity contribution in [1.29, 1.82) is 0 Å². The highest BCUT2D eigenvalue weighted by Gasteiger charge is 2.43. The zero-order valence-electron chi connectivity index (χ0n) is 9.08. The highest BCUT2D eigenvalue weighted by Crippen LogP contribution is 2.50. The molecule has 0 heterocycles. The summed E-state index contributed by atoms with van der Waals surface area (Å²) < 4.78 is 28.3. The first-order valence-corrected chi connectivity index (χ1v) is 5.46. The predicted molar refractivity (Wildman–Crippen MR) is 62.8 cm³/mol. The maximum Gasteiger partial charge on any atom is 0.299 e. The van der Waals surface area contributed by atoms with E-state index >= 15 is 0 Å². The summed E-state index contributed by atoms with van der Waals surface area (Å²) in [5.74, 6) is -2.89. The summed E-state index contributed by atoms with van der Waals surface area (Å²) in [5.41, 5.74) is 7.80. The minimum Gasteiger partial charge on any atom is -0.326 e. The van der Waals surface area contributed by atoms with E-state index in [0.29, 0.717) is 17.7 Å². The molecule has 0 saturated heterocycles. The number of halogens is 2. The highest BCUT2D eigenvalue weighted by atomic mass is 19.3. The summed E-state index contributed by atoms with van der Waals surface area (Å²) in [7, 11) is 0. The number of rotatable bonds is 1. The van der Waals surface area contributed by atoms with Crippen molar-refractivity contribution in [3.8, 4) is 11.1 Å². The molecule has 0 amide bonds. The van der Waals surface area contributed by atoms with Crippen LogP contribution >= 0.6 is 0 Å². The van der Waals surface area contributed by atoms with Crippen molar-refractivity contribution in [2.45, 2.75) is 12.5 Å². The van der Waals surface area contributed by atoms with Crippen LogP contribution in [0, 0.1) is 0 Å². The van der Waals surface area contributed by atoms with Gasteiger partial charge in [-0.1, -0.05) is 36.4 Å². The van der Waals surface area contributed by atoms with E-state index in [2.05, 4.69) is 0 Å². The van der Waals surface area contributed by atoms with Crippen molar-refractivity contribution in [3.63, 3.8) is 0 Å². The van der Waals surface area contributed by atoms with Gasteiger partial charge in [0.15, 0.2) is 0 Å². The van der Waals surface area contributed by atoms with E-state index in [9.17, 15) is 8.78 Å².